The number of anilines is 1. The number of para-hydroxylation sites is 1. The van der Waals surface area contributed by atoms with E-state index in [4.69, 9.17) is 10.6 Å². The molecule has 0 saturated heterocycles. The van der Waals surface area contributed by atoms with Gasteiger partial charge in [-0.3, -0.25) is 15.3 Å². The van der Waals surface area contributed by atoms with Crippen molar-refractivity contribution in [3.63, 3.8) is 0 Å². The van der Waals surface area contributed by atoms with Crippen LogP contribution in [0.1, 0.15) is 56.6 Å². The van der Waals surface area contributed by atoms with Gasteiger partial charge in [-0.2, -0.15) is 0 Å². The fourth-order valence-corrected chi connectivity index (χ4v) is 3.31. The molecule has 7 heteroatoms. The summed E-state index contributed by atoms with van der Waals surface area (Å²) in [6.07, 6.45) is 6.44. The lowest BCUT2D eigenvalue weighted by molar-refractivity contribution is -0.750. The van der Waals surface area contributed by atoms with Crippen LogP contribution in [0, 0.1) is 6.92 Å². The maximum absolute atomic E-state index is 12.1. The van der Waals surface area contributed by atoms with Gasteiger partial charge in [-0.05, 0) is 37.3 Å². The molecule has 148 valence electrons. The van der Waals surface area contributed by atoms with Gasteiger partial charge in [0.05, 0.1) is 0 Å². The van der Waals surface area contributed by atoms with Gasteiger partial charge in [0.25, 0.3) is 11.7 Å². The number of benzene rings is 1. The Labute approximate surface area is 160 Å². The summed E-state index contributed by atoms with van der Waals surface area (Å²) in [5.41, 5.74) is 8.67. The maximum Gasteiger partial charge on any atom is 0.288 e. The highest BCUT2D eigenvalue weighted by atomic mass is 16.6. The van der Waals surface area contributed by atoms with E-state index in [1.54, 1.807) is 0 Å². The van der Waals surface area contributed by atoms with Crippen molar-refractivity contribution in [2.24, 2.45) is 5.73 Å². The Morgan fingerprint density at radius 2 is 1.96 bits per heavy atom. The van der Waals surface area contributed by atoms with E-state index in [0.717, 1.165) is 48.9 Å². The lowest BCUT2D eigenvalue weighted by Crippen LogP contribution is -2.75. The van der Waals surface area contributed by atoms with Crippen LogP contribution in [0.5, 0.6) is 0 Å². The van der Waals surface area contributed by atoms with Crippen LogP contribution >= 0.6 is 0 Å². The summed E-state index contributed by atoms with van der Waals surface area (Å²) in [7, 11) is 0. The number of rotatable bonds is 8. The van der Waals surface area contributed by atoms with Crippen LogP contribution in [0.4, 0.5) is 5.69 Å². The Balaban J connectivity index is 1.75. The molecule has 0 aromatic heterocycles. The molecule has 1 saturated carbocycles. The molecule has 27 heavy (non-hydrogen) atoms. The summed E-state index contributed by atoms with van der Waals surface area (Å²) >= 11 is 0. The highest BCUT2D eigenvalue weighted by Crippen LogP contribution is 2.20. The molecule has 2 rings (SSSR count). The summed E-state index contributed by atoms with van der Waals surface area (Å²) in [4.78, 5) is 29.2. The standard InChI is InChI=1S/C20H30N4O3/c1-3-15-9-7-8-14(2)20(15)23-19(26)13-27-24-17(21)12-18(25)22-16-10-5-4-6-11-16/h7-9,16H,3-6,10-13H2,1-2H3,(H2,21,24)(H,22,25)(H,23,26)/p+1. The second-order valence-corrected chi connectivity index (χ2v) is 7.01. The molecular weight excluding hydrogens is 344 g/mol. The third kappa shape index (κ3) is 6.92. The molecule has 0 heterocycles. The van der Waals surface area contributed by atoms with Crippen LogP contribution < -0.4 is 21.5 Å². The number of carbonyl (C=O) groups excluding carboxylic acids is 2. The minimum atomic E-state index is -0.286. The number of amidine groups is 1. The third-order valence-electron chi connectivity index (χ3n) is 4.73. The van der Waals surface area contributed by atoms with Gasteiger partial charge in [-0.1, -0.05) is 49.5 Å². The number of nitrogens with one attached hydrogen (secondary N) is 3. The van der Waals surface area contributed by atoms with Gasteiger partial charge in [0.15, 0.2) is 0 Å². The first-order valence-corrected chi connectivity index (χ1v) is 9.66. The van der Waals surface area contributed by atoms with E-state index in [1.165, 1.54) is 6.42 Å². The SMILES string of the molecule is CCc1cccc(C)c1NC(=O)CO[NH+]=C(N)CC(=O)NC1CCCCC1. The van der Waals surface area contributed by atoms with E-state index in [-0.39, 0.29) is 36.7 Å². The molecule has 1 aliphatic carbocycles. The zero-order chi connectivity index (χ0) is 19.6. The van der Waals surface area contributed by atoms with E-state index in [2.05, 4.69) is 15.8 Å². The first-order chi connectivity index (χ1) is 13.0. The van der Waals surface area contributed by atoms with Gasteiger partial charge in [0, 0.05) is 11.7 Å². The quantitative estimate of drug-likeness (QED) is 0.305. The molecule has 7 nitrogen and oxygen atoms in total. The maximum atomic E-state index is 12.1. The van der Waals surface area contributed by atoms with Gasteiger partial charge in [0.1, 0.15) is 6.42 Å². The molecule has 1 fully saturated rings. The molecule has 0 aliphatic heterocycles. The van der Waals surface area contributed by atoms with Crippen LogP contribution in [-0.2, 0) is 20.8 Å². The number of aryl methyl sites for hydroxylation is 2. The lowest BCUT2D eigenvalue weighted by atomic mass is 9.95. The second kappa shape index (κ2) is 10.5. The van der Waals surface area contributed by atoms with Crippen molar-refractivity contribution in [1.82, 2.24) is 5.32 Å². The molecule has 0 bridgehead atoms. The average Bonchev–Trinajstić information content (AvgIpc) is 2.64. The molecule has 0 unspecified atom stereocenters. The van der Waals surface area contributed by atoms with Crippen LogP contribution in [0.15, 0.2) is 18.2 Å². The molecule has 0 radical (unpaired) electrons. The highest BCUT2D eigenvalue weighted by Gasteiger charge is 2.18. The Hall–Kier alpha value is -2.57. The molecule has 0 spiro atoms. The first-order valence-electron chi connectivity index (χ1n) is 9.66. The summed E-state index contributed by atoms with van der Waals surface area (Å²) < 4.78 is 0. The van der Waals surface area contributed by atoms with Crippen molar-refractivity contribution in [1.29, 1.82) is 0 Å². The van der Waals surface area contributed by atoms with Crippen LogP contribution in [-0.4, -0.2) is 30.3 Å². The topological polar surface area (TPSA) is 107 Å². The fraction of sp³-hybridized carbons (Fsp3) is 0.550. The third-order valence-corrected chi connectivity index (χ3v) is 4.73. The molecule has 2 amide bonds. The smallest absolute Gasteiger partial charge is 0.288 e. The number of hydrogen-bond acceptors (Lipinski definition) is 3. The molecule has 1 aromatic carbocycles. The van der Waals surface area contributed by atoms with Crippen molar-refractivity contribution in [2.75, 3.05) is 11.9 Å². The summed E-state index contributed by atoms with van der Waals surface area (Å²) in [5, 5.41) is 8.33. The Morgan fingerprint density at radius 1 is 1.22 bits per heavy atom. The minimum absolute atomic E-state index is 0.0237. The van der Waals surface area contributed by atoms with Crippen LogP contribution in [0.25, 0.3) is 0 Å². The Kier molecular flexibility index (Phi) is 8.10. The van der Waals surface area contributed by atoms with Crippen LogP contribution in [0.2, 0.25) is 0 Å². The van der Waals surface area contributed by atoms with E-state index >= 15 is 0 Å². The fourth-order valence-electron chi connectivity index (χ4n) is 3.31. The van der Waals surface area contributed by atoms with E-state index in [9.17, 15) is 9.59 Å². The monoisotopic (exact) mass is 375 g/mol. The van der Waals surface area contributed by atoms with E-state index in [1.807, 2.05) is 32.0 Å². The Bertz CT molecular complexity index is 682. The van der Waals surface area contributed by atoms with E-state index in [0.29, 0.717) is 0 Å². The summed E-state index contributed by atoms with van der Waals surface area (Å²) in [5.74, 6) is -0.236. The largest absolute Gasteiger partial charge is 0.353 e. The van der Waals surface area contributed by atoms with Crippen molar-refractivity contribution >= 4 is 23.3 Å². The summed E-state index contributed by atoms with van der Waals surface area (Å²) in [6, 6.07) is 6.14. The van der Waals surface area contributed by atoms with Gasteiger partial charge < -0.3 is 15.5 Å². The lowest BCUT2D eigenvalue weighted by Gasteiger charge is -2.22. The summed E-state index contributed by atoms with van der Waals surface area (Å²) in [6.45, 7) is 3.78. The molecular formula is C20H31N4O3+. The molecule has 5 N–H and O–H groups in total. The van der Waals surface area contributed by atoms with Crippen molar-refractivity contribution < 1.29 is 19.6 Å². The van der Waals surface area contributed by atoms with E-state index < -0.39 is 0 Å². The van der Waals surface area contributed by atoms with Gasteiger partial charge in [0.2, 0.25) is 12.5 Å². The molecule has 1 aliphatic rings. The highest BCUT2D eigenvalue weighted by molar-refractivity contribution is 5.96. The van der Waals surface area contributed by atoms with Gasteiger partial charge >= 0.3 is 0 Å². The van der Waals surface area contributed by atoms with Gasteiger partial charge in [-0.25, -0.2) is 0 Å². The zero-order valence-electron chi connectivity index (χ0n) is 16.3. The number of amides is 2. The second-order valence-electron chi connectivity index (χ2n) is 7.01. The molecule has 1 aromatic rings. The number of carbonyl (C=O) groups is 2. The predicted molar refractivity (Wildman–Crippen MR) is 105 cm³/mol. The number of hydrogen-bond donors (Lipinski definition) is 4. The van der Waals surface area contributed by atoms with Crippen molar-refractivity contribution in [3.8, 4) is 0 Å². The van der Waals surface area contributed by atoms with Crippen LogP contribution in [0.3, 0.4) is 0 Å². The Morgan fingerprint density at radius 3 is 2.67 bits per heavy atom. The van der Waals surface area contributed by atoms with Crippen molar-refractivity contribution in [2.45, 2.75) is 64.8 Å². The normalized spacial score (nSPS) is 15.3. The van der Waals surface area contributed by atoms with Crippen molar-refractivity contribution in [3.05, 3.63) is 29.3 Å². The first kappa shape index (κ1) is 20.7. The predicted octanol–water partition coefficient (Wildman–Crippen LogP) is 0.704. The molecule has 0 atom stereocenters. The number of nitrogens with two attached hydrogens (primary N) is 1. The van der Waals surface area contributed by atoms with Gasteiger partial charge in [-0.15, -0.1) is 0 Å². The minimum Gasteiger partial charge on any atom is -0.353 e. The average molecular weight is 375 g/mol. The zero-order valence-corrected chi connectivity index (χ0v) is 16.3.